The van der Waals surface area contributed by atoms with Crippen LogP contribution in [0.1, 0.15) is 33.1 Å². The molecule has 1 aromatic heterocycles. The molecule has 1 aliphatic heterocycles. The number of ether oxygens (including phenoxy) is 1. The van der Waals surface area contributed by atoms with Gasteiger partial charge in [-0.15, -0.1) is 10.2 Å². The summed E-state index contributed by atoms with van der Waals surface area (Å²) < 4.78 is 11.5. The van der Waals surface area contributed by atoms with Crippen LogP contribution in [0, 0.1) is 23.7 Å². The summed E-state index contributed by atoms with van der Waals surface area (Å²) in [6.07, 6.45) is 4.55. The van der Waals surface area contributed by atoms with E-state index >= 15 is 0 Å². The Hall–Kier alpha value is -1.98. The summed E-state index contributed by atoms with van der Waals surface area (Å²) in [5.41, 5.74) is 2.45. The summed E-state index contributed by atoms with van der Waals surface area (Å²) in [7, 11) is 0. The molecule has 0 radical (unpaired) electrons. The molecule has 0 unspecified atom stereocenters. The van der Waals surface area contributed by atoms with Crippen LogP contribution in [-0.4, -0.2) is 47.9 Å². The zero-order valence-electron chi connectivity index (χ0n) is 17.9. The van der Waals surface area contributed by atoms with E-state index in [9.17, 15) is 0 Å². The van der Waals surface area contributed by atoms with Crippen LogP contribution < -0.4 is 0 Å². The van der Waals surface area contributed by atoms with Gasteiger partial charge in [-0.1, -0.05) is 43.7 Å². The fourth-order valence-electron chi connectivity index (χ4n) is 4.81. The summed E-state index contributed by atoms with van der Waals surface area (Å²) >= 11 is 0. The van der Waals surface area contributed by atoms with Gasteiger partial charge in [0.1, 0.15) is 0 Å². The van der Waals surface area contributed by atoms with Crippen molar-refractivity contribution < 1.29 is 9.15 Å². The predicted molar refractivity (Wildman–Crippen MR) is 114 cm³/mol. The first-order valence-corrected chi connectivity index (χ1v) is 11.0. The summed E-state index contributed by atoms with van der Waals surface area (Å²) in [4.78, 5) is 2.57. The van der Waals surface area contributed by atoms with Crippen molar-refractivity contribution in [1.82, 2.24) is 15.1 Å². The monoisotopic (exact) mass is 395 g/mol. The Morgan fingerprint density at radius 2 is 1.86 bits per heavy atom. The van der Waals surface area contributed by atoms with Crippen LogP contribution in [0.4, 0.5) is 0 Å². The van der Waals surface area contributed by atoms with Gasteiger partial charge in [-0.25, -0.2) is 0 Å². The van der Waals surface area contributed by atoms with Gasteiger partial charge in [-0.05, 0) is 49.1 Å². The smallest absolute Gasteiger partial charge is 0.247 e. The molecule has 2 aliphatic rings. The molecular weight excluding hydrogens is 362 g/mol. The number of aromatic nitrogens is 2. The van der Waals surface area contributed by atoms with Crippen molar-refractivity contribution >= 4 is 0 Å². The Balaban J connectivity index is 1.45. The van der Waals surface area contributed by atoms with Crippen molar-refractivity contribution in [3.05, 3.63) is 47.9 Å². The number of hydrogen-bond acceptors (Lipinski definition) is 5. The average molecular weight is 396 g/mol. The average Bonchev–Trinajstić information content (AvgIpc) is 3.20. The van der Waals surface area contributed by atoms with E-state index in [1.807, 2.05) is 30.3 Å². The maximum atomic E-state index is 5.99. The second kappa shape index (κ2) is 9.23. The quantitative estimate of drug-likeness (QED) is 0.676. The van der Waals surface area contributed by atoms with Crippen molar-refractivity contribution in [3.8, 4) is 11.5 Å². The number of hydrogen-bond donors (Lipinski definition) is 0. The molecule has 2 heterocycles. The molecule has 0 amide bonds. The summed E-state index contributed by atoms with van der Waals surface area (Å²) in [6.45, 7) is 12.0. The summed E-state index contributed by atoms with van der Waals surface area (Å²) in [5.74, 6) is 3.80. The largest absolute Gasteiger partial charge is 0.421 e. The topological polar surface area (TPSA) is 51.4 Å². The minimum Gasteiger partial charge on any atom is -0.421 e. The number of nitrogens with zero attached hydrogens (tertiary/aromatic N) is 3. The van der Waals surface area contributed by atoms with Crippen LogP contribution in [0.15, 0.2) is 46.4 Å². The van der Waals surface area contributed by atoms with Gasteiger partial charge in [0.2, 0.25) is 11.8 Å². The summed E-state index contributed by atoms with van der Waals surface area (Å²) in [5, 5.41) is 8.61. The lowest BCUT2D eigenvalue weighted by Gasteiger charge is -2.40. The molecule has 0 saturated carbocycles. The number of morpholine rings is 1. The minimum atomic E-state index is 0.479. The van der Waals surface area contributed by atoms with E-state index in [-0.39, 0.29) is 0 Å². The Kier molecular flexibility index (Phi) is 6.46. The number of allylic oxidation sites excluding steroid dienone is 1. The van der Waals surface area contributed by atoms with Gasteiger partial charge in [0.15, 0.2) is 0 Å². The Morgan fingerprint density at radius 1 is 1.10 bits per heavy atom. The van der Waals surface area contributed by atoms with Crippen LogP contribution in [0.2, 0.25) is 0 Å². The maximum Gasteiger partial charge on any atom is 0.247 e. The standard InChI is InChI=1S/C24H33N3O2/c1-17(2)22-14-20(18(3)13-21(22)16-27-9-11-28-12-10-27)15-23-25-26-24(29-23)19-7-5-4-6-8-19/h4-8,13,17,20-22H,9-12,14-16H2,1-3H3/t20-,21-,22-/m0/s1. The van der Waals surface area contributed by atoms with E-state index in [0.29, 0.717) is 29.6 Å². The second-order valence-corrected chi connectivity index (χ2v) is 8.90. The predicted octanol–water partition coefficient (Wildman–Crippen LogP) is 4.47. The molecule has 5 nitrogen and oxygen atoms in total. The highest BCUT2D eigenvalue weighted by atomic mass is 16.5. The van der Waals surface area contributed by atoms with E-state index in [1.165, 1.54) is 12.0 Å². The minimum absolute atomic E-state index is 0.479. The molecule has 0 N–H and O–H groups in total. The van der Waals surface area contributed by atoms with Gasteiger partial charge in [0, 0.05) is 31.6 Å². The second-order valence-electron chi connectivity index (χ2n) is 8.90. The highest BCUT2D eigenvalue weighted by Gasteiger charge is 2.33. The Bertz CT molecular complexity index is 809. The first-order chi connectivity index (χ1) is 14.1. The highest BCUT2D eigenvalue weighted by Crippen LogP contribution is 2.39. The first-order valence-electron chi connectivity index (χ1n) is 11.0. The van der Waals surface area contributed by atoms with Crippen molar-refractivity contribution in [2.45, 2.75) is 33.6 Å². The number of benzene rings is 1. The van der Waals surface area contributed by atoms with E-state index in [1.54, 1.807) is 0 Å². The fraction of sp³-hybridized carbons (Fsp3) is 0.583. The van der Waals surface area contributed by atoms with Crippen LogP contribution in [-0.2, 0) is 11.2 Å². The zero-order chi connectivity index (χ0) is 20.2. The fourth-order valence-corrected chi connectivity index (χ4v) is 4.81. The Labute approximate surface area is 174 Å². The first kappa shape index (κ1) is 20.3. The third kappa shape index (κ3) is 4.96. The van der Waals surface area contributed by atoms with Crippen molar-refractivity contribution in [3.63, 3.8) is 0 Å². The van der Waals surface area contributed by atoms with Crippen LogP contribution in [0.5, 0.6) is 0 Å². The van der Waals surface area contributed by atoms with E-state index in [0.717, 1.165) is 50.7 Å². The molecule has 0 spiro atoms. The highest BCUT2D eigenvalue weighted by molar-refractivity contribution is 5.51. The molecule has 1 fully saturated rings. The molecule has 1 aliphatic carbocycles. The molecule has 5 heteroatoms. The molecule has 2 aromatic rings. The van der Waals surface area contributed by atoms with Gasteiger partial charge in [0.25, 0.3) is 0 Å². The lowest BCUT2D eigenvalue weighted by atomic mass is 9.69. The van der Waals surface area contributed by atoms with Crippen molar-refractivity contribution in [2.75, 3.05) is 32.8 Å². The molecule has 156 valence electrons. The molecular formula is C24H33N3O2. The summed E-state index contributed by atoms with van der Waals surface area (Å²) in [6, 6.07) is 10.0. The van der Waals surface area contributed by atoms with E-state index in [4.69, 9.17) is 9.15 Å². The van der Waals surface area contributed by atoms with Crippen LogP contribution in [0.3, 0.4) is 0 Å². The van der Waals surface area contributed by atoms with Gasteiger partial charge in [0.05, 0.1) is 13.2 Å². The van der Waals surface area contributed by atoms with Gasteiger partial charge in [-0.2, -0.15) is 0 Å². The van der Waals surface area contributed by atoms with E-state index < -0.39 is 0 Å². The molecule has 29 heavy (non-hydrogen) atoms. The number of rotatable bonds is 6. The molecule has 1 aromatic carbocycles. The third-order valence-corrected chi connectivity index (χ3v) is 6.57. The molecule has 0 bridgehead atoms. The molecule has 1 saturated heterocycles. The Morgan fingerprint density at radius 3 is 2.59 bits per heavy atom. The lowest BCUT2D eigenvalue weighted by Crippen LogP contribution is -2.42. The van der Waals surface area contributed by atoms with Crippen LogP contribution in [0.25, 0.3) is 11.5 Å². The van der Waals surface area contributed by atoms with Crippen molar-refractivity contribution in [2.24, 2.45) is 23.7 Å². The van der Waals surface area contributed by atoms with Gasteiger partial charge in [-0.3, -0.25) is 4.90 Å². The van der Waals surface area contributed by atoms with Gasteiger partial charge >= 0.3 is 0 Å². The maximum absolute atomic E-state index is 5.99. The SMILES string of the molecule is CC1=C[C@@H](CN2CCOCC2)[C@H](C(C)C)C[C@H]1Cc1nnc(-c2ccccc2)o1. The normalized spacial score (nSPS) is 25.9. The molecule has 4 rings (SSSR count). The van der Waals surface area contributed by atoms with E-state index in [2.05, 4.69) is 41.9 Å². The lowest BCUT2D eigenvalue weighted by molar-refractivity contribution is 0.0256. The third-order valence-electron chi connectivity index (χ3n) is 6.57. The molecule has 3 atom stereocenters. The van der Waals surface area contributed by atoms with Crippen molar-refractivity contribution in [1.29, 1.82) is 0 Å². The zero-order valence-corrected chi connectivity index (χ0v) is 17.9. The van der Waals surface area contributed by atoms with Crippen LogP contribution >= 0.6 is 0 Å². The van der Waals surface area contributed by atoms with Gasteiger partial charge < -0.3 is 9.15 Å².